The Kier molecular flexibility index (Phi) is 7.58. The number of carbonyl (C=O) groups excluding carboxylic acids is 1. The van der Waals surface area contributed by atoms with Crippen molar-refractivity contribution in [1.29, 1.82) is 0 Å². The largest absolute Gasteiger partial charge is 0.351 e. The van der Waals surface area contributed by atoms with E-state index >= 15 is 0 Å². The highest BCUT2D eigenvalue weighted by molar-refractivity contribution is 14.1. The van der Waals surface area contributed by atoms with Crippen molar-refractivity contribution in [3.05, 3.63) is 37.4 Å². The molecule has 0 bridgehead atoms. The van der Waals surface area contributed by atoms with Gasteiger partial charge < -0.3 is 10.2 Å². The molecule has 0 unspecified atom stereocenters. The van der Waals surface area contributed by atoms with Gasteiger partial charge in [0.1, 0.15) is 0 Å². The fourth-order valence-corrected chi connectivity index (χ4v) is 2.55. The zero-order chi connectivity index (χ0) is 15.8. The second-order valence-corrected chi connectivity index (χ2v) is 5.77. The van der Waals surface area contributed by atoms with Crippen LogP contribution in [0.4, 0.5) is 5.69 Å². The molecule has 0 fully saturated rings. The summed E-state index contributed by atoms with van der Waals surface area (Å²) in [7, 11) is 0. The van der Waals surface area contributed by atoms with E-state index in [9.17, 15) is 14.9 Å². The van der Waals surface area contributed by atoms with Crippen LogP contribution in [0.1, 0.15) is 30.6 Å². The summed E-state index contributed by atoms with van der Waals surface area (Å²) < 4.78 is 0.705. The van der Waals surface area contributed by atoms with Crippen LogP contribution < -0.4 is 5.32 Å². The van der Waals surface area contributed by atoms with Crippen molar-refractivity contribution in [2.75, 3.05) is 26.2 Å². The number of benzene rings is 1. The fourth-order valence-electron chi connectivity index (χ4n) is 1.97. The lowest BCUT2D eigenvalue weighted by atomic mass is 10.2. The van der Waals surface area contributed by atoms with Gasteiger partial charge in [0.25, 0.3) is 11.6 Å². The number of amides is 1. The first-order chi connectivity index (χ1) is 9.99. The Bertz CT molecular complexity index is 508. The second-order valence-electron chi connectivity index (χ2n) is 4.61. The van der Waals surface area contributed by atoms with Crippen LogP contribution in [0.3, 0.4) is 0 Å². The Morgan fingerprint density at radius 3 is 2.67 bits per heavy atom. The summed E-state index contributed by atoms with van der Waals surface area (Å²) in [5, 5.41) is 13.6. The lowest BCUT2D eigenvalue weighted by molar-refractivity contribution is -0.384. The van der Waals surface area contributed by atoms with Gasteiger partial charge in [-0.2, -0.15) is 0 Å². The quantitative estimate of drug-likeness (QED) is 0.410. The number of nitro groups is 1. The van der Waals surface area contributed by atoms with Crippen molar-refractivity contribution in [1.82, 2.24) is 10.2 Å². The third kappa shape index (κ3) is 5.58. The maximum absolute atomic E-state index is 12.1. The number of nitro benzene ring substituents is 1. The normalized spacial score (nSPS) is 10.7. The number of rotatable bonds is 8. The molecule has 0 aromatic heterocycles. The van der Waals surface area contributed by atoms with Crippen molar-refractivity contribution in [2.24, 2.45) is 0 Å². The molecule has 116 valence electrons. The molecule has 0 spiro atoms. The molecule has 0 aliphatic carbocycles. The molecule has 0 saturated carbocycles. The van der Waals surface area contributed by atoms with E-state index < -0.39 is 4.92 Å². The van der Waals surface area contributed by atoms with Crippen LogP contribution in [0.15, 0.2) is 18.2 Å². The average molecular weight is 405 g/mol. The van der Waals surface area contributed by atoms with Gasteiger partial charge in [-0.15, -0.1) is 0 Å². The molecule has 6 nitrogen and oxygen atoms in total. The number of likely N-dealkylation sites (N-methyl/N-ethyl adjacent to an activating group) is 1. The number of non-ortho nitro benzene ring substituents is 1. The number of nitrogens with one attached hydrogen (secondary N) is 1. The van der Waals surface area contributed by atoms with E-state index in [0.29, 0.717) is 15.7 Å². The fraction of sp³-hybridized carbons (Fsp3) is 0.500. The maximum atomic E-state index is 12.1. The maximum Gasteiger partial charge on any atom is 0.270 e. The number of carbonyl (C=O) groups is 1. The topological polar surface area (TPSA) is 75.5 Å². The van der Waals surface area contributed by atoms with Crippen molar-refractivity contribution in [3.63, 3.8) is 0 Å². The van der Waals surface area contributed by atoms with Gasteiger partial charge in [-0.25, -0.2) is 0 Å². The Balaban J connectivity index is 2.63. The molecule has 0 aliphatic heterocycles. The molecule has 1 aromatic rings. The number of nitrogens with zero attached hydrogens (tertiary/aromatic N) is 2. The Labute approximate surface area is 138 Å². The minimum atomic E-state index is -0.493. The zero-order valence-corrected chi connectivity index (χ0v) is 14.4. The molecule has 0 heterocycles. The highest BCUT2D eigenvalue weighted by Crippen LogP contribution is 2.19. The van der Waals surface area contributed by atoms with E-state index in [1.807, 2.05) is 22.6 Å². The molecule has 1 amide bonds. The first-order valence-electron chi connectivity index (χ1n) is 6.94. The van der Waals surface area contributed by atoms with Crippen LogP contribution in [0.25, 0.3) is 0 Å². The molecule has 0 aliphatic rings. The van der Waals surface area contributed by atoms with E-state index in [0.717, 1.165) is 26.1 Å². The second kappa shape index (κ2) is 8.93. The number of halogens is 1. The summed E-state index contributed by atoms with van der Waals surface area (Å²) in [4.78, 5) is 24.6. The SMILES string of the molecule is CCCN(CC)CCNC(=O)c1cc([N+](=O)[O-])ccc1I. The third-order valence-electron chi connectivity index (χ3n) is 3.11. The van der Waals surface area contributed by atoms with Gasteiger partial charge in [-0.1, -0.05) is 13.8 Å². The first kappa shape index (κ1) is 17.8. The minimum absolute atomic E-state index is 0.0678. The summed E-state index contributed by atoms with van der Waals surface area (Å²) in [6, 6.07) is 4.31. The predicted octanol–water partition coefficient (Wildman–Crippen LogP) is 2.66. The van der Waals surface area contributed by atoms with E-state index in [2.05, 4.69) is 24.1 Å². The van der Waals surface area contributed by atoms with Gasteiger partial charge in [0, 0.05) is 28.8 Å². The van der Waals surface area contributed by atoms with Gasteiger partial charge in [0.2, 0.25) is 0 Å². The molecule has 0 saturated heterocycles. The molecule has 7 heteroatoms. The Morgan fingerprint density at radius 1 is 1.38 bits per heavy atom. The number of hydrogen-bond donors (Lipinski definition) is 1. The van der Waals surface area contributed by atoms with Gasteiger partial charge in [-0.3, -0.25) is 14.9 Å². The van der Waals surface area contributed by atoms with Crippen LogP contribution in [-0.2, 0) is 0 Å². The molecule has 1 aromatic carbocycles. The summed E-state index contributed by atoms with van der Waals surface area (Å²) in [5.41, 5.74) is 0.282. The first-order valence-corrected chi connectivity index (χ1v) is 8.02. The van der Waals surface area contributed by atoms with E-state index in [4.69, 9.17) is 0 Å². The van der Waals surface area contributed by atoms with E-state index in [1.165, 1.54) is 12.1 Å². The predicted molar refractivity (Wildman–Crippen MR) is 90.6 cm³/mol. The molecular formula is C14H20IN3O3. The van der Waals surface area contributed by atoms with Gasteiger partial charge in [0.05, 0.1) is 10.5 Å². The van der Waals surface area contributed by atoms with Crippen LogP contribution in [-0.4, -0.2) is 41.9 Å². The molecule has 1 rings (SSSR count). The summed E-state index contributed by atoms with van der Waals surface area (Å²) in [5.74, 6) is -0.268. The van der Waals surface area contributed by atoms with E-state index in [1.54, 1.807) is 6.07 Å². The minimum Gasteiger partial charge on any atom is -0.351 e. The van der Waals surface area contributed by atoms with Gasteiger partial charge in [0.15, 0.2) is 0 Å². The molecule has 21 heavy (non-hydrogen) atoms. The Hall–Kier alpha value is -1.22. The smallest absolute Gasteiger partial charge is 0.270 e. The third-order valence-corrected chi connectivity index (χ3v) is 4.05. The lowest BCUT2D eigenvalue weighted by Gasteiger charge is -2.19. The van der Waals surface area contributed by atoms with Crippen LogP contribution >= 0.6 is 22.6 Å². The highest BCUT2D eigenvalue weighted by Gasteiger charge is 2.15. The van der Waals surface area contributed by atoms with Crippen LogP contribution in [0.5, 0.6) is 0 Å². The van der Waals surface area contributed by atoms with Crippen molar-refractivity contribution < 1.29 is 9.72 Å². The van der Waals surface area contributed by atoms with Crippen LogP contribution in [0.2, 0.25) is 0 Å². The Morgan fingerprint density at radius 2 is 2.10 bits per heavy atom. The van der Waals surface area contributed by atoms with Crippen molar-refractivity contribution in [3.8, 4) is 0 Å². The number of hydrogen-bond acceptors (Lipinski definition) is 4. The van der Waals surface area contributed by atoms with Gasteiger partial charge in [-0.05, 0) is 48.2 Å². The summed E-state index contributed by atoms with van der Waals surface area (Å²) >= 11 is 2.01. The van der Waals surface area contributed by atoms with Crippen LogP contribution in [0, 0.1) is 13.7 Å². The summed E-state index contributed by atoms with van der Waals surface area (Å²) in [6.45, 7) is 7.46. The highest BCUT2D eigenvalue weighted by atomic mass is 127. The monoisotopic (exact) mass is 405 g/mol. The molecule has 0 atom stereocenters. The average Bonchev–Trinajstić information content (AvgIpc) is 2.46. The zero-order valence-electron chi connectivity index (χ0n) is 12.3. The van der Waals surface area contributed by atoms with Crippen molar-refractivity contribution in [2.45, 2.75) is 20.3 Å². The lowest BCUT2D eigenvalue weighted by Crippen LogP contribution is -2.35. The molecular weight excluding hydrogens is 385 g/mol. The van der Waals surface area contributed by atoms with Gasteiger partial charge >= 0.3 is 0 Å². The standard InChI is InChI=1S/C14H20IN3O3/c1-3-8-17(4-2)9-7-16-14(19)12-10-11(18(20)21)5-6-13(12)15/h5-6,10H,3-4,7-9H2,1-2H3,(H,16,19). The molecule has 1 N–H and O–H groups in total. The van der Waals surface area contributed by atoms with Crippen molar-refractivity contribution >= 4 is 34.2 Å². The molecule has 0 radical (unpaired) electrons. The summed E-state index contributed by atoms with van der Waals surface area (Å²) in [6.07, 6.45) is 1.07. The van der Waals surface area contributed by atoms with E-state index in [-0.39, 0.29) is 11.6 Å².